The summed E-state index contributed by atoms with van der Waals surface area (Å²) in [5.41, 5.74) is -3.67. The minimum absolute atomic E-state index is 0.157. The van der Waals surface area contributed by atoms with Crippen LogP contribution in [0.1, 0.15) is 60.3 Å². The molecule has 0 aromatic carbocycles. The van der Waals surface area contributed by atoms with Crippen molar-refractivity contribution in [3.63, 3.8) is 0 Å². The van der Waals surface area contributed by atoms with Crippen LogP contribution in [0.4, 0.5) is 8.78 Å². The van der Waals surface area contributed by atoms with Crippen molar-refractivity contribution in [2.24, 2.45) is 11.8 Å². The monoisotopic (exact) mass is 340 g/mol. The predicted molar refractivity (Wildman–Crippen MR) is 81.1 cm³/mol. The number of hydrogen-bond acceptors (Lipinski definition) is 4. The molecule has 0 unspecified atom stereocenters. The third-order valence-electron chi connectivity index (χ3n) is 3.80. The lowest BCUT2D eigenvalue weighted by Crippen LogP contribution is -2.40. The zero-order valence-electron chi connectivity index (χ0n) is 14.0. The number of carbonyl (C=O) groups excluding carboxylic acids is 1. The Morgan fingerprint density at radius 3 is 1.95 bits per heavy atom. The normalized spacial score (nSPS) is 24.0. The summed E-state index contributed by atoms with van der Waals surface area (Å²) in [5.74, 6) is -2.37. The topological polar surface area (TPSA) is 52.6 Å². The highest BCUT2D eigenvalue weighted by atomic mass is 31.2. The van der Waals surface area contributed by atoms with E-state index in [4.69, 9.17) is 9.05 Å². The van der Waals surface area contributed by atoms with E-state index in [-0.39, 0.29) is 12.2 Å². The van der Waals surface area contributed by atoms with E-state index in [1.807, 2.05) is 0 Å². The van der Waals surface area contributed by atoms with Crippen molar-refractivity contribution < 1.29 is 27.2 Å². The smallest absolute Gasteiger partial charge is 0.302 e. The lowest BCUT2D eigenvalue weighted by Gasteiger charge is -2.39. The third-order valence-corrected chi connectivity index (χ3v) is 6.26. The maximum absolute atomic E-state index is 15.0. The molecule has 0 heterocycles. The Labute approximate surface area is 131 Å². The largest absolute Gasteiger partial charge is 0.400 e. The molecule has 0 saturated heterocycles. The van der Waals surface area contributed by atoms with Gasteiger partial charge in [0.25, 0.3) is 0 Å². The van der Waals surface area contributed by atoms with Crippen LogP contribution in [0.3, 0.4) is 0 Å². The molecular formula is C15H27F2O4P. The molecule has 130 valence electrons. The lowest BCUT2D eigenvalue weighted by atomic mass is 9.77. The van der Waals surface area contributed by atoms with Gasteiger partial charge in [0, 0.05) is 11.8 Å². The summed E-state index contributed by atoms with van der Waals surface area (Å²) < 4.78 is 53.0. The molecule has 0 aromatic rings. The van der Waals surface area contributed by atoms with Crippen molar-refractivity contribution in [1.82, 2.24) is 0 Å². The van der Waals surface area contributed by atoms with Gasteiger partial charge in [0.05, 0.1) is 12.2 Å². The van der Waals surface area contributed by atoms with E-state index in [1.165, 1.54) is 34.6 Å². The van der Waals surface area contributed by atoms with Gasteiger partial charge in [-0.1, -0.05) is 12.8 Å². The fourth-order valence-electron chi connectivity index (χ4n) is 2.96. The average molecular weight is 340 g/mol. The van der Waals surface area contributed by atoms with Crippen LogP contribution in [0.5, 0.6) is 0 Å². The van der Waals surface area contributed by atoms with E-state index < -0.39 is 37.3 Å². The van der Waals surface area contributed by atoms with Crippen molar-refractivity contribution in [3.8, 4) is 0 Å². The van der Waals surface area contributed by atoms with Crippen molar-refractivity contribution in [2.45, 2.75) is 78.2 Å². The molecule has 0 N–H and O–H groups in total. The van der Waals surface area contributed by atoms with Crippen molar-refractivity contribution >= 4 is 13.4 Å². The van der Waals surface area contributed by atoms with Crippen LogP contribution < -0.4 is 0 Å². The molecule has 4 nitrogen and oxygen atoms in total. The molecule has 2 atom stereocenters. The van der Waals surface area contributed by atoms with Gasteiger partial charge in [0.1, 0.15) is 5.78 Å². The number of ketones is 1. The van der Waals surface area contributed by atoms with Crippen LogP contribution in [0.25, 0.3) is 0 Å². The Morgan fingerprint density at radius 1 is 1.09 bits per heavy atom. The number of alkyl halides is 2. The molecule has 7 heteroatoms. The highest BCUT2D eigenvalue weighted by Gasteiger charge is 2.62. The second-order valence-corrected chi connectivity index (χ2v) is 8.51. The number of Topliss-reactive ketones (excluding diaryl/α,β-unsaturated/α-hetero) is 1. The first-order valence-corrected chi connectivity index (χ1v) is 9.40. The van der Waals surface area contributed by atoms with Crippen LogP contribution in [-0.2, 0) is 18.4 Å². The molecule has 1 fully saturated rings. The van der Waals surface area contributed by atoms with Crippen LogP contribution in [0, 0.1) is 11.8 Å². The molecule has 0 bridgehead atoms. The maximum Gasteiger partial charge on any atom is 0.400 e. The van der Waals surface area contributed by atoms with Gasteiger partial charge < -0.3 is 9.05 Å². The highest BCUT2D eigenvalue weighted by Crippen LogP contribution is 2.68. The summed E-state index contributed by atoms with van der Waals surface area (Å²) in [4.78, 5) is 11.7. The molecule has 0 radical (unpaired) electrons. The van der Waals surface area contributed by atoms with Gasteiger partial charge in [0.15, 0.2) is 0 Å². The summed E-state index contributed by atoms with van der Waals surface area (Å²) in [6.45, 7) is 7.47. The quantitative estimate of drug-likeness (QED) is 0.611. The Hall–Kier alpha value is -0.320. The van der Waals surface area contributed by atoms with Gasteiger partial charge in [-0.15, -0.1) is 0 Å². The minimum Gasteiger partial charge on any atom is -0.302 e. The second kappa shape index (κ2) is 7.50. The molecular weight excluding hydrogens is 313 g/mol. The number of carbonyl (C=O) groups is 1. The Balaban J connectivity index is 3.18. The molecule has 1 rings (SSSR count). The first-order valence-electron chi connectivity index (χ1n) is 7.86. The van der Waals surface area contributed by atoms with E-state index in [2.05, 4.69) is 0 Å². The van der Waals surface area contributed by atoms with E-state index in [1.54, 1.807) is 0 Å². The molecule has 1 aliphatic carbocycles. The zero-order valence-corrected chi connectivity index (χ0v) is 14.9. The van der Waals surface area contributed by atoms with Gasteiger partial charge in [-0.2, -0.15) is 8.78 Å². The average Bonchev–Trinajstić information content (AvgIpc) is 2.36. The van der Waals surface area contributed by atoms with Crippen molar-refractivity contribution in [3.05, 3.63) is 0 Å². The van der Waals surface area contributed by atoms with Gasteiger partial charge in [-0.3, -0.25) is 9.36 Å². The fourth-order valence-corrected chi connectivity index (χ4v) is 5.11. The summed E-state index contributed by atoms with van der Waals surface area (Å²) >= 11 is 0. The number of rotatable bonds is 7. The third kappa shape index (κ3) is 4.36. The first kappa shape index (κ1) is 19.7. The van der Waals surface area contributed by atoms with Crippen LogP contribution in [0.15, 0.2) is 0 Å². The lowest BCUT2D eigenvalue weighted by molar-refractivity contribution is -0.129. The molecule has 0 aliphatic heterocycles. The standard InChI is InChI=1S/C15H27F2O4P/c1-10(2)20-22(19,21-11(3)4)15(16,17)14-9-7-6-8-13(14)12(5)18/h10-11,13-14H,6-9H2,1-5H3/t13-,14-/m0/s1. The molecule has 0 aromatic heterocycles. The van der Waals surface area contributed by atoms with E-state index in [0.29, 0.717) is 12.8 Å². The predicted octanol–water partition coefficient (Wildman–Crippen LogP) is 5.02. The SMILES string of the molecule is CC(=O)[C@@H]1CCCC[C@@H]1C(F)(F)P(=O)(OC(C)C)OC(C)C. The fraction of sp³-hybridized carbons (Fsp3) is 0.933. The molecule has 0 spiro atoms. The maximum atomic E-state index is 15.0. The molecule has 1 aliphatic rings. The van der Waals surface area contributed by atoms with Gasteiger partial charge in [-0.05, 0) is 47.5 Å². The number of halogens is 2. The summed E-state index contributed by atoms with van der Waals surface area (Å²) in [6.07, 6.45) is 0.567. The van der Waals surface area contributed by atoms with Crippen LogP contribution in [0.2, 0.25) is 0 Å². The van der Waals surface area contributed by atoms with E-state index in [9.17, 15) is 9.36 Å². The van der Waals surface area contributed by atoms with E-state index in [0.717, 1.165) is 6.42 Å². The zero-order chi connectivity index (χ0) is 17.1. The minimum atomic E-state index is -4.67. The second-order valence-electron chi connectivity index (χ2n) is 6.50. The van der Waals surface area contributed by atoms with Crippen LogP contribution >= 0.6 is 7.60 Å². The van der Waals surface area contributed by atoms with Gasteiger partial charge >= 0.3 is 13.3 Å². The molecule has 22 heavy (non-hydrogen) atoms. The molecule has 0 amide bonds. The Kier molecular flexibility index (Phi) is 6.72. The molecule has 1 saturated carbocycles. The summed E-state index contributed by atoms with van der Waals surface area (Å²) in [5, 5.41) is 0. The Bertz CT molecular complexity index is 423. The van der Waals surface area contributed by atoms with Gasteiger partial charge in [-0.25, -0.2) is 0 Å². The van der Waals surface area contributed by atoms with Crippen LogP contribution in [-0.4, -0.2) is 23.7 Å². The first-order chi connectivity index (χ1) is 10.0. The number of hydrogen-bond donors (Lipinski definition) is 0. The summed E-state index contributed by atoms with van der Waals surface area (Å²) in [7, 11) is -4.67. The van der Waals surface area contributed by atoms with Crippen molar-refractivity contribution in [2.75, 3.05) is 0 Å². The Morgan fingerprint density at radius 2 is 1.55 bits per heavy atom. The van der Waals surface area contributed by atoms with Gasteiger partial charge in [0.2, 0.25) is 0 Å². The van der Waals surface area contributed by atoms with Crippen molar-refractivity contribution in [1.29, 1.82) is 0 Å². The van der Waals surface area contributed by atoms with E-state index >= 15 is 8.78 Å². The summed E-state index contributed by atoms with van der Waals surface area (Å²) in [6, 6.07) is 0. The highest BCUT2D eigenvalue weighted by molar-refractivity contribution is 7.55.